The van der Waals surface area contributed by atoms with Gasteiger partial charge in [0, 0.05) is 25.7 Å². The largest absolute Gasteiger partial charge is 0.472 e. The second-order valence-corrected chi connectivity index (χ2v) is 26.2. The van der Waals surface area contributed by atoms with Crippen molar-refractivity contribution < 1.29 is 80.2 Å². The third-order valence-corrected chi connectivity index (χ3v) is 16.1. The first-order chi connectivity index (χ1) is 38.3. The Morgan fingerprint density at radius 2 is 0.637 bits per heavy atom. The van der Waals surface area contributed by atoms with Crippen molar-refractivity contribution in [3.8, 4) is 0 Å². The van der Waals surface area contributed by atoms with Crippen molar-refractivity contribution in [2.75, 3.05) is 39.6 Å². The van der Waals surface area contributed by atoms with Crippen LogP contribution in [-0.2, 0) is 65.4 Å². The molecule has 0 amide bonds. The molecule has 0 radical (unpaired) electrons. The smallest absolute Gasteiger partial charge is 0.462 e. The number of carbonyl (C=O) groups excluding carboxylic acids is 4. The van der Waals surface area contributed by atoms with Crippen LogP contribution in [0.1, 0.15) is 292 Å². The van der Waals surface area contributed by atoms with Gasteiger partial charge in [-0.25, -0.2) is 9.13 Å². The molecule has 0 aromatic rings. The van der Waals surface area contributed by atoms with Crippen molar-refractivity contribution in [2.24, 2.45) is 17.8 Å². The number of phosphoric ester groups is 2. The molecule has 0 aliphatic carbocycles. The van der Waals surface area contributed by atoms with Gasteiger partial charge in [0.1, 0.15) is 19.3 Å². The Hall–Kier alpha value is -1.94. The molecule has 0 spiro atoms. The molecule has 0 saturated heterocycles. The van der Waals surface area contributed by atoms with Crippen LogP contribution < -0.4 is 0 Å². The molecule has 3 unspecified atom stereocenters. The number of phosphoric acid groups is 2. The van der Waals surface area contributed by atoms with Crippen LogP contribution in [0.15, 0.2) is 0 Å². The number of aliphatic hydroxyl groups excluding tert-OH is 1. The summed E-state index contributed by atoms with van der Waals surface area (Å²) >= 11 is 0. The number of hydrogen-bond acceptors (Lipinski definition) is 15. The van der Waals surface area contributed by atoms with E-state index in [-0.39, 0.29) is 25.7 Å². The third-order valence-electron chi connectivity index (χ3n) is 14.2. The summed E-state index contributed by atoms with van der Waals surface area (Å²) in [6.45, 7) is 11.6. The first-order valence-corrected chi connectivity index (χ1v) is 34.9. The molecule has 0 aromatic carbocycles. The minimum Gasteiger partial charge on any atom is -0.462 e. The van der Waals surface area contributed by atoms with E-state index in [4.69, 9.17) is 37.0 Å². The molecule has 6 atom stereocenters. The summed E-state index contributed by atoms with van der Waals surface area (Å²) < 4.78 is 67.8. The van der Waals surface area contributed by atoms with Gasteiger partial charge in [-0.1, -0.05) is 241 Å². The number of hydrogen-bond donors (Lipinski definition) is 3. The highest BCUT2D eigenvalue weighted by atomic mass is 31.2. The van der Waals surface area contributed by atoms with Gasteiger partial charge in [-0.15, -0.1) is 0 Å². The first kappa shape index (κ1) is 78.1. The van der Waals surface area contributed by atoms with E-state index in [1.54, 1.807) is 0 Å². The van der Waals surface area contributed by atoms with Gasteiger partial charge in [-0.2, -0.15) is 0 Å². The second kappa shape index (κ2) is 52.6. The molecule has 0 aliphatic heterocycles. The van der Waals surface area contributed by atoms with Gasteiger partial charge in [0.25, 0.3) is 0 Å². The summed E-state index contributed by atoms with van der Waals surface area (Å²) in [7, 11) is -9.88. The van der Waals surface area contributed by atoms with Crippen LogP contribution in [-0.4, -0.2) is 96.7 Å². The van der Waals surface area contributed by atoms with Crippen LogP contribution in [0.4, 0.5) is 0 Å². The Kier molecular flexibility index (Phi) is 51.3. The van der Waals surface area contributed by atoms with Crippen LogP contribution in [0.5, 0.6) is 0 Å². The Labute approximate surface area is 486 Å². The Morgan fingerprint density at radius 3 is 0.950 bits per heavy atom. The third kappa shape index (κ3) is 54.0. The van der Waals surface area contributed by atoms with Gasteiger partial charge in [0.2, 0.25) is 0 Å². The van der Waals surface area contributed by atoms with Crippen molar-refractivity contribution in [3.05, 3.63) is 0 Å². The molecular weight excluding hydrogens is 1070 g/mol. The van der Waals surface area contributed by atoms with E-state index in [9.17, 15) is 43.2 Å². The van der Waals surface area contributed by atoms with E-state index in [1.807, 2.05) is 0 Å². The quantitative estimate of drug-likeness (QED) is 0.0222. The summed E-state index contributed by atoms with van der Waals surface area (Å²) in [6, 6.07) is 0. The van der Waals surface area contributed by atoms with Crippen LogP contribution in [0.3, 0.4) is 0 Å². The molecule has 17 nitrogen and oxygen atoms in total. The highest BCUT2D eigenvalue weighted by Crippen LogP contribution is 2.45. The second-order valence-electron chi connectivity index (χ2n) is 23.3. The Morgan fingerprint density at radius 1 is 0.362 bits per heavy atom. The number of unbranched alkanes of at least 4 members (excludes halogenated alkanes) is 26. The van der Waals surface area contributed by atoms with Gasteiger partial charge in [-0.05, 0) is 43.4 Å². The monoisotopic (exact) mass is 1180 g/mol. The number of aliphatic hydroxyl groups is 1. The molecule has 0 aliphatic rings. The fourth-order valence-corrected chi connectivity index (χ4v) is 10.5. The topological polar surface area (TPSA) is 237 Å². The predicted molar refractivity (Wildman–Crippen MR) is 317 cm³/mol. The lowest BCUT2D eigenvalue weighted by Crippen LogP contribution is -2.30. The maximum absolute atomic E-state index is 12.9. The highest BCUT2D eigenvalue weighted by molar-refractivity contribution is 7.47. The SMILES string of the molecule is CCCCCCCCCCCCC(=O)O[C@H](COC(=O)CCCCCCCCC(C)C)COP(=O)(O)OC[C@H](O)COP(=O)(O)OC[C@@H](COC(=O)CCCCCCCCC(C)CC)OC(=O)CCCCCCCCCCC(C)C. The predicted octanol–water partition coefficient (Wildman–Crippen LogP) is 16.3. The molecule has 80 heavy (non-hydrogen) atoms. The van der Waals surface area contributed by atoms with Gasteiger partial charge in [0.15, 0.2) is 12.2 Å². The summed E-state index contributed by atoms with van der Waals surface area (Å²) in [6.07, 6.45) is 32.3. The summed E-state index contributed by atoms with van der Waals surface area (Å²) in [5.41, 5.74) is 0. The van der Waals surface area contributed by atoms with Crippen LogP contribution >= 0.6 is 15.6 Å². The lowest BCUT2D eigenvalue weighted by Gasteiger charge is -2.21. The molecule has 0 saturated carbocycles. The molecule has 0 heterocycles. The summed E-state index contributed by atoms with van der Waals surface area (Å²) in [5, 5.41) is 10.5. The molecular formula is C61H118O17P2. The van der Waals surface area contributed by atoms with Crippen molar-refractivity contribution in [1.82, 2.24) is 0 Å². The van der Waals surface area contributed by atoms with E-state index in [2.05, 4.69) is 48.5 Å². The fraction of sp³-hybridized carbons (Fsp3) is 0.934. The Balaban J connectivity index is 5.25. The zero-order chi connectivity index (χ0) is 59.5. The molecule has 474 valence electrons. The molecule has 0 aromatic heterocycles. The lowest BCUT2D eigenvalue weighted by atomic mass is 10.00. The minimum absolute atomic E-state index is 0.103. The van der Waals surface area contributed by atoms with Gasteiger partial charge >= 0.3 is 39.5 Å². The van der Waals surface area contributed by atoms with Crippen molar-refractivity contribution >= 4 is 39.5 Å². The lowest BCUT2D eigenvalue weighted by molar-refractivity contribution is -0.161. The number of rotatable bonds is 59. The van der Waals surface area contributed by atoms with Gasteiger partial charge < -0.3 is 33.8 Å². The van der Waals surface area contributed by atoms with Crippen LogP contribution in [0.2, 0.25) is 0 Å². The number of ether oxygens (including phenoxy) is 4. The zero-order valence-corrected chi connectivity index (χ0v) is 53.3. The van der Waals surface area contributed by atoms with Crippen molar-refractivity contribution in [2.45, 2.75) is 311 Å². The summed E-state index contributed by atoms with van der Waals surface area (Å²) in [5.74, 6) is -0.0151. The number of carbonyl (C=O) groups is 4. The molecule has 0 rings (SSSR count). The van der Waals surface area contributed by atoms with Crippen LogP contribution in [0.25, 0.3) is 0 Å². The maximum atomic E-state index is 12.9. The standard InChI is InChI=1S/C61H118O17P2/c1-8-10-11-12-13-14-15-19-30-37-44-60(65)77-56(48-71-58(63)42-35-28-23-21-26-33-40-53(5)6)50-75-79(67,68)73-46-55(62)47-74-80(69,70)76-51-57(49-72-59(64)43-36-29-24-22-27-34-41-54(7)9-2)78-61(66)45-38-31-20-17-16-18-25-32-39-52(3)4/h52-57,62H,8-51H2,1-7H3,(H,67,68)(H,69,70)/t54?,55-,56+,57+/m0/s1. The first-order valence-electron chi connectivity index (χ1n) is 31.9. The van der Waals surface area contributed by atoms with Crippen molar-refractivity contribution in [1.29, 1.82) is 0 Å². The van der Waals surface area contributed by atoms with E-state index < -0.39 is 97.5 Å². The van der Waals surface area contributed by atoms with Gasteiger partial charge in [0.05, 0.1) is 26.4 Å². The average Bonchev–Trinajstić information content (AvgIpc) is 3.41. The number of esters is 4. The molecule has 3 N–H and O–H groups in total. The van der Waals surface area contributed by atoms with Gasteiger partial charge in [-0.3, -0.25) is 37.3 Å². The minimum atomic E-state index is -4.94. The fourth-order valence-electron chi connectivity index (χ4n) is 8.92. The van der Waals surface area contributed by atoms with Crippen molar-refractivity contribution in [3.63, 3.8) is 0 Å². The highest BCUT2D eigenvalue weighted by Gasteiger charge is 2.30. The van der Waals surface area contributed by atoms with E-state index >= 15 is 0 Å². The normalized spacial score (nSPS) is 14.8. The molecule has 0 bridgehead atoms. The average molecular weight is 1190 g/mol. The maximum Gasteiger partial charge on any atom is 0.472 e. The van der Waals surface area contributed by atoms with Crippen LogP contribution in [0, 0.1) is 17.8 Å². The summed E-state index contributed by atoms with van der Waals surface area (Å²) in [4.78, 5) is 72.0. The zero-order valence-electron chi connectivity index (χ0n) is 51.5. The molecule has 19 heteroatoms. The van der Waals surface area contributed by atoms with E-state index in [0.29, 0.717) is 31.6 Å². The van der Waals surface area contributed by atoms with E-state index in [0.717, 1.165) is 115 Å². The Bertz CT molecular complexity index is 1600. The molecule has 0 fully saturated rings. The van der Waals surface area contributed by atoms with E-state index in [1.165, 1.54) is 89.9 Å².